The standard InChI is InChI=1S/C25H25Cl2N5O2/c1-31-11-2-12-32(14-13-31)23-10-3-17(16-28-23)24(33)30-22-9-6-19(27)15-21(22)25(34)29-20-7-4-18(26)5-8-20/h3-10,15-16H,2,11-14H2,1H3,(H,29,34)(H,30,33). The van der Waals surface area contributed by atoms with Crippen LogP contribution in [0, 0.1) is 0 Å². The van der Waals surface area contributed by atoms with E-state index in [0.29, 0.717) is 27.0 Å². The summed E-state index contributed by atoms with van der Waals surface area (Å²) in [4.78, 5) is 34.8. The van der Waals surface area contributed by atoms with E-state index in [-0.39, 0.29) is 11.5 Å². The van der Waals surface area contributed by atoms with E-state index in [0.717, 1.165) is 38.4 Å². The summed E-state index contributed by atoms with van der Waals surface area (Å²) in [5, 5.41) is 6.54. The van der Waals surface area contributed by atoms with Gasteiger partial charge < -0.3 is 20.4 Å². The highest BCUT2D eigenvalue weighted by atomic mass is 35.5. The number of carbonyl (C=O) groups excluding carboxylic acids is 2. The maximum absolute atomic E-state index is 12.9. The lowest BCUT2D eigenvalue weighted by Crippen LogP contribution is -2.29. The van der Waals surface area contributed by atoms with Crippen molar-refractivity contribution >= 4 is 52.2 Å². The first-order valence-corrected chi connectivity index (χ1v) is 11.7. The number of pyridine rings is 1. The number of anilines is 3. The van der Waals surface area contributed by atoms with Crippen LogP contribution < -0.4 is 15.5 Å². The average molecular weight is 498 g/mol. The molecule has 0 spiro atoms. The smallest absolute Gasteiger partial charge is 0.257 e. The van der Waals surface area contributed by atoms with E-state index in [2.05, 4.69) is 32.5 Å². The molecular formula is C25H25Cl2N5O2. The van der Waals surface area contributed by atoms with Crippen LogP contribution in [0.4, 0.5) is 17.2 Å². The Bertz CT molecular complexity index is 1170. The molecule has 1 saturated heterocycles. The van der Waals surface area contributed by atoms with Crippen LogP contribution in [-0.2, 0) is 0 Å². The monoisotopic (exact) mass is 497 g/mol. The first-order chi connectivity index (χ1) is 16.4. The van der Waals surface area contributed by atoms with E-state index in [1.54, 1.807) is 48.7 Å². The van der Waals surface area contributed by atoms with Crippen molar-refractivity contribution in [1.29, 1.82) is 0 Å². The van der Waals surface area contributed by atoms with Gasteiger partial charge in [-0.1, -0.05) is 23.2 Å². The molecule has 0 radical (unpaired) electrons. The fourth-order valence-corrected chi connectivity index (χ4v) is 4.02. The van der Waals surface area contributed by atoms with Crippen molar-refractivity contribution in [2.75, 3.05) is 48.8 Å². The SMILES string of the molecule is CN1CCCN(c2ccc(C(=O)Nc3ccc(Cl)cc3C(=O)Nc3ccc(Cl)cc3)cn2)CC1. The summed E-state index contributed by atoms with van der Waals surface area (Å²) in [6.45, 7) is 3.86. The van der Waals surface area contributed by atoms with Gasteiger partial charge in [0.15, 0.2) is 0 Å². The predicted molar refractivity (Wildman–Crippen MR) is 137 cm³/mol. The lowest BCUT2D eigenvalue weighted by Gasteiger charge is -2.21. The lowest BCUT2D eigenvalue weighted by molar-refractivity contribution is 0.102. The summed E-state index contributed by atoms with van der Waals surface area (Å²) in [6, 6.07) is 15.1. The van der Waals surface area contributed by atoms with E-state index in [1.165, 1.54) is 6.07 Å². The third kappa shape index (κ3) is 6.05. The van der Waals surface area contributed by atoms with Crippen molar-refractivity contribution in [2.24, 2.45) is 0 Å². The van der Waals surface area contributed by atoms with Crippen LogP contribution in [0.2, 0.25) is 10.0 Å². The second-order valence-electron chi connectivity index (χ2n) is 8.15. The number of hydrogen-bond donors (Lipinski definition) is 2. The van der Waals surface area contributed by atoms with Crippen LogP contribution in [0.25, 0.3) is 0 Å². The number of likely N-dealkylation sites (N-methyl/N-ethyl adjacent to an activating group) is 1. The van der Waals surface area contributed by atoms with Crippen molar-refractivity contribution < 1.29 is 9.59 Å². The number of aromatic nitrogens is 1. The van der Waals surface area contributed by atoms with Gasteiger partial charge in [-0.3, -0.25) is 9.59 Å². The molecule has 0 atom stereocenters. The van der Waals surface area contributed by atoms with Crippen LogP contribution in [0.15, 0.2) is 60.8 Å². The molecule has 0 unspecified atom stereocenters. The van der Waals surface area contributed by atoms with E-state index < -0.39 is 5.91 Å². The molecule has 176 valence electrons. The highest BCUT2D eigenvalue weighted by Gasteiger charge is 2.17. The fraction of sp³-hybridized carbons (Fsp3) is 0.240. The topological polar surface area (TPSA) is 77.6 Å². The summed E-state index contributed by atoms with van der Waals surface area (Å²) in [7, 11) is 2.12. The van der Waals surface area contributed by atoms with E-state index in [4.69, 9.17) is 23.2 Å². The molecule has 34 heavy (non-hydrogen) atoms. The highest BCUT2D eigenvalue weighted by molar-refractivity contribution is 6.31. The Balaban J connectivity index is 1.47. The Kier molecular flexibility index (Phi) is 7.67. The number of nitrogens with one attached hydrogen (secondary N) is 2. The second-order valence-corrected chi connectivity index (χ2v) is 9.03. The molecule has 0 aliphatic carbocycles. The Morgan fingerprint density at radius 3 is 2.35 bits per heavy atom. The molecular weight excluding hydrogens is 473 g/mol. The van der Waals surface area contributed by atoms with Gasteiger partial charge in [0.05, 0.1) is 16.8 Å². The Labute approximate surface area is 208 Å². The van der Waals surface area contributed by atoms with E-state index >= 15 is 0 Å². The maximum Gasteiger partial charge on any atom is 0.257 e. The third-order valence-corrected chi connectivity index (χ3v) is 6.12. The fourth-order valence-electron chi connectivity index (χ4n) is 3.72. The zero-order valence-corrected chi connectivity index (χ0v) is 20.2. The molecule has 4 rings (SSSR count). The Morgan fingerprint density at radius 1 is 0.853 bits per heavy atom. The zero-order valence-electron chi connectivity index (χ0n) is 18.7. The molecule has 7 nitrogen and oxygen atoms in total. The molecule has 1 aromatic heterocycles. The van der Waals surface area contributed by atoms with Crippen LogP contribution in [0.3, 0.4) is 0 Å². The summed E-state index contributed by atoms with van der Waals surface area (Å²) in [6.07, 6.45) is 2.63. The summed E-state index contributed by atoms with van der Waals surface area (Å²) >= 11 is 12.0. The number of nitrogens with zero attached hydrogens (tertiary/aromatic N) is 3. The van der Waals surface area contributed by atoms with Gasteiger partial charge in [0.25, 0.3) is 11.8 Å². The minimum atomic E-state index is -0.403. The average Bonchev–Trinajstić information content (AvgIpc) is 3.06. The van der Waals surface area contributed by atoms with Crippen molar-refractivity contribution in [3.05, 3.63) is 82.0 Å². The Morgan fingerprint density at radius 2 is 1.62 bits per heavy atom. The van der Waals surface area contributed by atoms with Crippen LogP contribution in [-0.4, -0.2) is 54.9 Å². The molecule has 2 N–H and O–H groups in total. The Hall–Kier alpha value is -3.13. The van der Waals surface area contributed by atoms with Crippen molar-refractivity contribution in [1.82, 2.24) is 9.88 Å². The largest absolute Gasteiger partial charge is 0.355 e. The minimum absolute atomic E-state index is 0.245. The van der Waals surface area contributed by atoms with Gasteiger partial charge in [0.2, 0.25) is 0 Å². The molecule has 3 aromatic rings. The maximum atomic E-state index is 12.9. The van der Waals surface area contributed by atoms with E-state index in [9.17, 15) is 9.59 Å². The van der Waals surface area contributed by atoms with E-state index in [1.807, 2.05) is 6.07 Å². The zero-order chi connectivity index (χ0) is 24.1. The van der Waals surface area contributed by atoms with Crippen LogP contribution >= 0.6 is 23.2 Å². The van der Waals surface area contributed by atoms with Gasteiger partial charge in [0, 0.05) is 41.6 Å². The van der Waals surface area contributed by atoms with Gasteiger partial charge >= 0.3 is 0 Å². The summed E-state index contributed by atoms with van der Waals surface area (Å²) in [5.74, 6) is 0.0821. The molecule has 9 heteroatoms. The molecule has 2 heterocycles. The van der Waals surface area contributed by atoms with Crippen LogP contribution in [0.1, 0.15) is 27.1 Å². The second kappa shape index (κ2) is 10.9. The van der Waals surface area contributed by atoms with Gasteiger partial charge in [0.1, 0.15) is 5.82 Å². The quantitative estimate of drug-likeness (QED) is 0.516. The number of benzene rings is 2. The van der Waals surface area contributed by atoms with Crippen molar-refractivity contribution in [3.8, 4) is 0 Å². The van der Waals surface area contributed by atoms with Crippen molar-refractivity contribution in [2.45, 2.75) is 6.42 Å². The summed E-state index contributed by atoms with van der Waals surface area (Å²) in [5.41, 5.74) is 1.57. The van der Waals surface area contributed by atoms with Gasteiger partial charge in [-0.05, 0) is 74.6 Å². The number of carbonyl (C=O) groups is 2. The summed E-state index contributed by atoms with van der Waals surface area (Å²) < 4.78 is 0. The number of amides is 2. The molecule has 1 aliphatic heterocycles. The number of halogens is 2. The van der Waals surface area contributed by atoms with Crippen LogP contribution in [0.5, 0.6) is 0 Å². The van der Waals surface area contributed by atoms with Gasteiger partial charge in [-0.15, -0.1) is 0 Å². The highest BCUT2D eigenvalue weighted by Crippen LogP contribution is 2.24. The lowest BCUT2D eigenvalue weighted by atomic mass is 10.1. The van der Waals surface area contributed by atoms with Gasteiger partial charge in [-0.25, -0.2) is 4.98 Å². The first-order valence-electron chi connectivity index (χ1n) is 11.0. The predicted octanol–water partition coefficient (Wildman–Crippen LogP) is 5.03. The molecule has 0 saturated carbocycles. The molecule has 1 fully saturated rings. The normalized spacial score (nSPS) is 14.4. The molecule has 1 aliphatic rings. The molecule has 0 bridgehead atoms. The minimum Gasteiger partial charge on any atom is -0.355 e. The van der Waals surface area contributed by atoms with Crippen molar-refractivity contribution in [3.63, 3.8) is 0 Å². The number of hydrogen-bond acceptors (Lipinski definition) is 5. The molecule has 2 amide bonds. The number of rotatable bonds is 5. The van der Waals surface area contributed by atoms with Gasteiger partial charge in [-0.2, -0.15) is 0 Å². The molecule has 2 aromatic carbocycles. The third-order valence-electron chi connectivity index (χ3n) is 5.63. The first kappa shape index (κ1) is 24.0.